The first-order valence-corrected chi connectivity index (χ1v) is 7.68. The van der Waals surface area contributed by atoms with Gasteiger partial charge in [-0.15, -0.1) is 0 Å². The van der Waals surface area contributed by atoms with Crippen molar-refractivity contribution >= 4 is 6.34 Å². The van der Waals surface area contributed by atoms with Gasteiger partial charge >= 0.3 is 6.61 Å². The molecule has 3 rings (SSSR count). The van der Waals surface area contributed by atoms with Crippen LogP contribution in [-0.2, 0) is 4.74 Å². The Morgan fingerprint density at radius 3 is 2.69 bits per heavy atom. The van der Waals surface area contributed by atoms with E-state index in [0.29, 0.717) is 17.0 Å². The first-order chi connectivity index (χ1) is 12.5. The Hall–Kier alpha value is -3.36. The fourth-order valence-corrected chi connectivity index (χ4v) is 2.69. The Morgan fingerprint density at radius 1 is 1.35 bits per heavy atom. The van der Waals surface area contributed by atoms with Crippen LogP contribution in [-0.4, -0.2) is 27.5 Å². The van der Waals surface area contributed by atoms with Crippen LogP contribution in [0.25, 0.3) is 11.3 Å². The highest BCUT2D eigenvalue weighted by Crippen LogP contribution is 2.27. The van der Waals surface area contributed by atoms with E-state index in [1.54, 1.807) is 37.5 Å². The summed E-state index contributed by atoms with van der Waals surface area (Å²) in [6.45, 7) is -1.14. The maximum atomic E-state index is 12.4. The summed E-state index contributed by atoms with van der Waals surface area (Å²) in [5.41, 5.74) is 2.50. The van der Waals surface area contributed by atoms with E-state index in [1.807, 2.05) is 0 Å². The van der Waals surface area contributed by atoms with Crippen LogP contribution in [0, 0.1) is 10.8 Å². The Balaban J connectivity index is 2.01. The number of nitrogens with one attached hydrogen (secondary N) is 3. The predicted octanol–water partition coefficient (Wildman–Crippen LogP) is 2.55. The van der Waals surface area contributed by atoms with Crippen molar-refractivity contribution in [2.24, 2.45) is 0 Å². The van der Waals surface area contributed by atoms with E-state index < -0.39 is 12.7 Å². The van der Waals surface area contributed by atoms with Crippen molar-refractivity contribution < 1.29 is 13.5 Å². The van der Waals surface area contributed by atoms with E-state index in [9.17, 15) is 8.78 Å². The second kappa shape index (κ2) is 7.26. The molecule has 0 radical (unpaired) electrons. The smallest absolute Gasteiger partial charge is 0.387 e. The van der Waals surface area contributed by atoms with Gasteiger partial charge in [0.05, 0.1) is 23.8 Å². The fourth-order valence-electron chi connectivity index (χ4n) is 2.69. The number of hydrogen-bond donors (Lipinski definition) is 3. The molecule has 2 aromatic rings. The molecule has 0 amide bonds. The molecule has 0 aromatic carbocycles. The quantitative estimate of drug-likeness (QED) is 0.565. The van der Waals surface area contributed by atoms with Crippen LogP contribution < -0.4 is 10.9 Å². The van der Waals surface area contributed by atoms with Gasteiger partial charge in [0.15, 0.2) is 0 Å². The average Bonchev–Trinajstić information content (AvgIpc) is 2.61. The van der Waals surface area contributed by atoms with E-state index in [2.05, 4.69) is 20.0 Å². The van der Waals surface area contributed by atoms with Gasteiger partial charge in [0.1, 0.15) is 5.76 Å². The molecule has 0 aliphatic carbocycles. The molecule has 9 heteroatoms. The molecular formula is C17H16F2N6O. The summed E-state index contributed by atoms with van der Waals surface area (Å²) in [5, 5.41) is 18.6. The molecular weight excluding hydrogens is 342 g/mol. The molecule has 3 N–H and O–H groups in total. The monoisotopic (exact) mass is 358 g/mol. The summed E-state index contributed by atoms with van der Waals surface area (Å²) >= 11 is 0. The Bertz CT molecular complexity index is 936. The summed E-state index contributed by atoms with van der Waals surface area (Å²) in [6, 6.07) is 4.89. The van der Waals surface area contributed by atoms with Gasteiger partial charge in [0.2, 0.25) is 5.62 Å². The predicted molar refractivity (Wildman–Crippen MR) is 90.3 cm³/mol. The molecule has 1 aliphatic heterocycles. The van der Waals surface area contributed by atoms with Crippen LogP contribution >= 0.6 is 0 Å². The molecule has 0 saturated carbocycles. The zero-order valence-corrected chi connectivity index (χ0v) is 13.8. The highest BCUT2D eigenvalue weighted by Gasteiger charge is 2.21. The number of rotatable bonds is 5. The van der Waals surface area contributed by atoms with Crippen molar-refractivity contribution in [1.82, 2.24) is 19.9 Å². The third kappa shape index (κ3) is 3.51. The van der Waals surface area contributed by atoms with Crippen LogP contribution in [0.2, 0.25) is 0 Å². The number of allylic oxidation sites excluding steroid dienone is 1. The fraction of sp³-hybridized carbons (Fsp3) is 0.176. The van der Waals surface area contributed by atoms with Crippen molar-refractivity contribution in [1.29, 1.82) is 10.8 Å². The van der Waals surface area contributed by atoms with Crippen molar-refractivity contribution in [3.63, 3.8) is 0 Å². The Kier molecular flexibility index (Phi) is 4.87. The molecule has 26 heavy (non-hydrogen) atoms. The maximum Gasteiger partial charge on any atom is 0.387 e. The van der Waals surface area contributed by atoms with Crippen molar-refractivity contribution in [3.05, 3.63) is 65.5 Å². The van der Waals surface area contributed by atoms with E-state index in [0.717, 1.165) is 11.9 Å². The summed E-state index contributed by atoms with van der Waals surface area (Å²) in [5.74, 6) is 0.0275. The minimum Gasteiger partial charge on any atom is -0.433 e. The van der Waals surface area contributed by atoms with Gasteiger partial charge < -0.3 is 10.1 Å². The second-order valence-corrected chi connectivity index (χ2v) is 5.54. The normalized spacial score (nSPS) is 16.5. The highest BCUT2D eigenvalue weighted by molar-refractivity contribution is 5.69. The lowest BCUT2D eigenvalue weighted by molar-refractivity contribution is -0.0928. The number of aromatic nitrogens is 3. The maximum absolute atomic E-state index is 12.4. The lowest BCUT2D eigenvalue weighted by Gasteiger charge is -2.24. The van der Waals surface area contributed by atoms with Crippen LogP contribution in [0.3, 0.4) is 0 Å². The first-order valence-electron chi connectivity index (χ1n) is 7.68. The van der Waals surface area contributed by atoms with Gasteiger partial charge in [0, 0.05) is 24.2 Å². The molecule has 3 heterocycles. The molecule has 0 bridgehead atoms. The van der Waals surface area contributed by atoms with Crippen LogP contribution in [0.5, 0.6) is 0 Å². The van der Waals surface area contributed by atoms with E-state index in [1.165, 1.54) is 16.8 Å². The topological polar surface area (TPSA) is 99.7 Å². The van der Waals surface area contributed by atoms with Gasteiger partial charge in [-0.1, -0.05) is 0 Å². The molecule has 7 nitrogen and oxygen atoms in total. The zero-order valence-electron chi connectivity index (χ0n) is 13.8. The van der Waals surface area contributed by atoms with E-state index in [4.69, 9.17) is 10.8 Å². The first kappa shape index (κ1) is 17.5. The zero-order chi connectivity index (χ0) is 18.7. The van der Waals surface area contributed by atoms with Crippen LogP contribution in [0.1, 0.15) is 18.7 Å². The van der Waals surface area contributed by atoms with Crippen LogP contribution in [0.15, 0.2) is 54.2 Å². The minimum atomic E-state index is -2.90. The SMILES string of the molecule is CC1=CC(OC(F)F)=CNC1c1cc(-c2ccncc2)n(C=N)c(=N)n1. The van der Waals surface area contributed by atoms with Gasteiger partial charge in [0.25, 0.3) is 0 Å². The Labute approximate surface area is 147 Å². The lowest BCUT2D eigenvalue weighted by Crippen LogP contribution is -2.30. The van der Waals surface area contributed by atoms with Gasteiger partial charge in [-0.05, 0) is 36.8 Å². The van der Waals surface area contributed by atoms with Crippen molar-refractivity contribution in [3.8, 4) is 11.3 Å². The van der Waals surface area contributed by atoms with E-state index >= 15 is 0 Å². The molecule has 1 unspecified atom stereocenters. The molecule has 134 valence electrons. The van der Waals surface area contributed by atoms with Gasteiger partial charge in [-0.25, -0.2) is 4.98 Å². The number of pyridine rings is 1. The minimum absolute atomic E-state index is 0.0275. The average molecular weight is 358 g/mol. The molecule has 0 spiro atoms. The molecule has 1 atom stereocenters. The molecule has 0 fully saturated rings. The third-order valence-corrected chi connectivity index (χ3v) is 3.85. The van der Waals surface area contributed by atoms with Crippen LogP contribution in [0.4, 0.5) is 8.78 Å². The number of dihydropyridines is 1. The number of alkyl halides is 2. The Morgan fingerprint density at radius 2 is 2.08 bits per heavy atom. The summed E-state index contributed by atoms with van der Waals surface area (Å²) in [7, 11) is 0. The third-order valence-electron chi connectivity index (χ3n) is 3.85. The largest absolute Gasteiger partial charge is 0.433 e. The standard InChI is InChI=1S/C17H16F2N6O/c1-10-6-12(26-16(18)19)8-23-15(10)13-7-14(11-2-4-22-5-3-11)25(9-20)17(21)24-13/h2-9,15-16,20-21,23H,1H3. The summed E-state index contributed by atoms with van der Waals surface area (Å²) in [4.78, 5) is 8.20. The van der Waals surface area contributed by atoms with Crippen molar-refractivity contribution in [2.45, 2.75) is 19.6 Å². The second-order valence-electron chi connectivity index (χ2n) is 5.54. The number of nitrogens with zero attached hydrogens (tertiary/aromatic N) is 3. The summed E-state index contributed by atoms with van der Waals surface area (Å²) in [6.07, 6.45) is 7.10. The molecule has 0 saturated heterocycles. The number of ether oxygens (including phenoxy) is 1. The van der Waals surface area contributed by atoms with Crippen molar-refractivity contribution in [2.75, 3.05) is 0 Å². The lowest BCUT2D eigenvalue weighted by atomic mass is 10.0. The van der Waals surface area contributed by atoms with Gasteiger partial charge in [-0.2, -0.15) is 8.78 Å². The number of hydrogen-bond acceptors (Lipinski definition) is 6. The molecule has 1 aliphatic rings. The summed E-state index contributed by atoms with van der Waals surface area (Å²) < 4.78 is 30.4. The van der Waals surface area contributed by atoms with Gasteiger partial charge in [-0.3, -0.25) is 20.4 Å². The molecule has 2 aromatic heterocycles. The van der Waals surface area contributed by atoms with E-state index in [-0.39, 0.29) is 11.4 Å². The highest BCUT2D eigenvalue weighted by atomic mass is 19.3. The number of halogens is 2.